The first-order chi connectivity index (χ1) is 12.6. The predicted octanol–water partition coefficient (Wildman–Crippen LogP) is 3.68. The van der Waals surface area contributed by atoms with Crippen molar-refractivity contribution in [2.24, 2.45) is 0 Å². The fourth-order valence-electron chi connectivity index (χ4n) is 2.97. The van der Waals surface area contributed by atoms with Crippen LogP contribution in [-0.4, -0.2) is 32.2 Å². The lowest BCUT2D eigenvalue weighted by atomic mass is 10.1. The quantitative estimate of drug-likeness (QED) is 0.708. The van der Waals surface area contributed by atoms with Crippen LogP contribution in [0.2, 0.25) is 0 Å². The fourth-order valence-corrected chi connectivity index (χ4v) is 2.97. The van der Waals surface area contributed by atoms with Gasteiger partial charge < -0.3 is 24.5 Å². The average molecular weight is 354 g/mol. The molecule has 0 aliphatic heterocycles. The first kappa shape index (κ1) is 17.7. The summed E-state index contributed by atoms with van der Waals surface area (Å²) in [6.07, 6.45) is 0. The molecule has 1 aromatic heterocycles. The van der Waals surface area contributed by atoms with Crippen LogP contribution in [0.4, 0.5) is 0 Å². The molecule has 0 spiro atoms. The van der Waals surface area contributed by atoms with E-state index in [4.69, 9.17) is 14.2 Å². The number of carbonyl (C=O) groups excluding carboxylic acids is 1. The average Bonchev–Trinajstić information content (AvgIpc) is 3.10. The van der Waals surface area contributed by atoms with Gasteiger partial charge in [0.2, 0.25) is 5.75 Å². The molecule has 6 nitrogen and oxygen atoms in total. The van der Waals surface area contributed by atoms with Crippen LogP contribution in [-0.2, 0) is 0 Å². The minimum atomic E-state index is -0.197. The Kier molecular flexibility index (Phi) is 5.02. The van der Waals surface area contributed by atoms with Crippen molar-refractivity contribution in [1.29, 1.82) is 0 Å². The molecule has 0 aliphatic rings. The number of amides is 1. The lowest BCUT2D eigenvalue weighted by molar-refractivity contribution is 0.0935. The van der Waals surface area contributed by atoms with Crippen LogP contribution in [0.1, 0.15) is 29.0 Å². The third kappa shape index (κ3) is 3.18. The number of hydrogen-bond donors (Lipinski definition) is 2. The van der Waals surface area contributed by atoms with E-state index in [1.807, 2.05) is 37.3 Å². The van der Waals surface area contributed by atoms with Gasteiger partial charge in [0, 0.05) is 11.5 Å². The predicted molar refractivity (Wildman–Crippen MR) is 100 cm³/mol. The lowest BCUT2D eigenvalue weighted by Gasteiger charge is -2.13. The first-order valence-corrected chi connectivity index (χ1v) is 8.26. The molecule has 6 heteroatoms. The van der Waals surface area contributed by atoms with Crippen LogP contribution in [0.25, 0.3) is 10.9 Å². The molecule has 0 bridgehead atoms. The van der Waals surface area contributed by atoms with Gasteiger partial charge in [-0.2, -0.15) is 0 Å². The smallest absolute Gasteiger partial charge is 0.268 e. The molecule has 3 aromatic rings. The number of fused-ring (bicyclic) bond motifs is 1. The van der Waals surface area contributed by atoms with Crippen molar-refractivity contribution >= 4 is 16.8 Å². The highest BCUT2D eigenvalue weighted by atomic mass is 16.5. The van der Waals surface area contributed by atoms with Crippen molar-refractivity contribution in [3.05, 3.63) is 53.7 Å². The number of aromatic nitrogens is 1. The summed E-state index contributed by atoms with van der Waals surface area (Å²) in [5, 5.41) is 3.75. The largest absolute Gasteiger partial charge is 0.493 e. The number of H-pyrrole nitrogens is 1. The Balaban J connectivity index is 1.94. The minimum absolute atomic E-state index is 0.110. The van der Waals surface area contributed by atoms with Crippen molar-refractivity contribution in [3.63, 3.8) is 0 Å². The number of benzene rings is 2. The van der Waals surface area contributed by atoms with Gasteiger partial charge in [0.1, 0.15) is 5.69 Å². The van der Waals surface area contributed by atoms with Crippen LogP contribution < -0.4 is 19.5 Å². The van der Waals surface area contributed by atoms with E-state index in [1.165, 1.54) is 0 Å². The molecule has 26 heavy (non-hydrogen) atoms. The van der Waals surface area contributed by atoms with Gasteiger partial charge in [-0.1, -0.05) is 30.3 Å². The molecule has 2 aromatic carbocycles. The normalized spacial score (nSPS) is 11.8. The van der Waals surface area contributed by atoms with Gasteiger partial charge in [-0.3, -0.25) is 4.79 Å². The highest BCUT2D eigenvalue weighted by molar-refractivity contribution is 6.01. The Bertz CT molecular complexity index is 918. The van der Waals surface area contributed by atoms with Crippen molar-refractivity contribution < 1.29 is 19.0 Å². The molecule has 0 saturated carbocycles. The number of carbonyl (C=O) groups is 1. The van der Waals surface area contributed by atoms with Crippen LogP contribution in [0.15, 0.2) is 42.5 Å². The molecular formula is C20H22N2O4. The molecule has 0 fully saturated rings. The molecule has 0 unspecified atom stereocenters. The van der Waals surface area contributed by atoms with Crippen LogP contribution in [0.5, 0.6) is 17.2 Å². The van der Waals surface area contributed by atoms with E-state index in [-0.39, 0.29) is 11.9 Å². The van der Waals surface area contributed by atoms with Gasteiger partial charge in [0.05, 0.1) is 32.9 Å². The van der Waals surface area contributed by atoms with Crippen molar-refractivity contribution in [3.8, 4) is 17.2 Å². The number of aromatic amines is 1. The second-order valence-corrected chi connectivity index (χ2v) is 5.90. The van der Waals surface area contributed by atoms with E-state index in [1.54, 1.807) is 33.5 Å². The molecule has 0 saturated heterocycles. The van der Waals surface area contributed by atoms with E-state index < -0.39 is 0 Å². The minimum Gasteiger partial charge on any atom is -0.493 e. The molecule has 1 amide bonds. The van der Waals surface area contributed by atoms with Gasteiger partial charge in [-0.15, -0.1) is 0 Å². The Morgan fingerprint density at radius 2 is 1.69 bits per heavy atom. The van der Waals surface area contributed by atoms with Gasteiger partial charge in [-0.25, -0.2) is 0 Å². The van der Waals surface area contributed by atoms with Crippen LogP contribution in [0, 0.1) is 0 Å². The number of hydrogen-bond acceptors (Lipinski definition) is 4. The molecule has 3 rings (SSSR count). The van der Waals surface area contributed by atoms with Gasteiger partial charge >= 0.3 is 0 Å². The Hall–Kier alpha value is -3.15. The van der Waals surface area contributed by atoms with E-state index in [0.717, 1.165) is 16.5 Å². The lowest BCUT2D eigenvalue weighted by Crippen LogP contribution is -2.26. The monoisotopic (exact) mass is 354 g/mol. The molecular weight excluding hydrogens is 332 g/mol. The van der Waals surface area contributed by atoms with Crippen LogP contribution in [0.3, 0.4) is 0 Å². The van der Waals surface area contributed by atoms with Crippen molar-refractivity contribution in [1.82, 2.24) is 10.3 Å². The molecule has 2 N–H and O–H groups in total. The third-order valence-electron chi connectivity index (χ3n) is 4.32. The Morgan fingerprint density at radius 1 is 1.00 bits per heavy atom. The Labute approximate surface area is 152 Å². The maximum atomic E-state index is 12.7. The first-order valence-electron chi connectivity index (χ1n) is 8.26. The van der Waals surface area contributed by atoms with Crippen molar-refractivity contribution in [2.45, 2.75) is 13.0 Å². The van der Waals surface area contributed by atoms with Crippen molar-refractivity contribution in [2.75, 3.05) is 21.3 Å². The zero-order chi connectivity index (χ0) is 18.7. The number of methoxy groups -OCH3 is 3. The fraction of sp³-hybridized carbons (Fsp3) is 0.250. The summed E-state index contributed by atoms with van der Waals surface area (Å²) in [6.45, 7) is 1.95. The summed E-state index contributed by atoms with van der Waals surface area (Å²) in [7, 11) is 4.66. The molecule has 0 aliphatic carbocycles. The summed E-state index contributed by atoms with van der Waals surface area (Å²) in [5.74, 6) is 1.35. The zero-order valence-corrected chi connectivity index (χ0v) is 15.3. The number of ether oxygens (including phenoxy) is 3. The summed E-state index contributed by atoms with van der Waals surface area (Å²) in [4.78, 5) is 15.8. The highest BCUT2D eigenvalue weighted by Gasteiger charge is 2.20. The molecule has 1 atom stereocenters. The number of rotatable bonds is 6. The van der Waals surface area contributed by atoms with Crippen LogP contribution >= 0.6 is 0 Å². The molecule has 136 valence electrons. The van der Waals surface area contributed by atoms with Gasteiger partial charge in [0.15, 0.2) is 11.5 Å². The third-order valence-corrected chi connectivity index (χ3v) is 4.32. The topological polar surface area (TPSA) is 72.6 Å². The summed E-state index contributed by atoms with van der Waals surface area (Å²) < 4.78 is 16.2. The standard InChI is InChI=1S/C20H22N2O4/c1-12(13-8-6-5-7-9-13)21-20(23)16-10-14-15(22-16)11-17(24-2)19(26-4)18(14)25-3/h5-12,22H,1-4H3,(H,21,23)/t12-/m1/s1. The maximum absolute atomic E-state index is 12.7. The summed E-state index contributed by atoms with van der Waals surface area (Å²) >= 11 is 0. The zero-order valence-electron chi connectivity index (χ0n) is 15.3. The number of nitrogens with one attached hydrogen (secondary N) is 2. The van der Waals surface area contributed by atoms with E-state index >= 15 is 0 Å². The Morgan fingerprint density at radius 3 is 2.31 bits per heavy atom. The second kappa shape index (κ2) is 7.39. The van der Waals surface area contributed by atoms with E-state index in [9.17, 15) is 4.79 Å². The van der Waals surface area contributed by atoms with Gasteiger partial charge in [0.25, 0.3) is 5.91 Å². The molecule has 0 radical (unpaired) electrons. The molecule has 1 heterocycles. The van der Waals surface area contributed by atoms with E-state index in [0.29, 0.717) is 22.9 Å². The van der Waals surface area contributed by atoms with Gasteiger partial charge in [-0.05, 0) is 18.6 Å². The maximum Gasteiger partial charge on any atom is 0.268 e. The summed E-state index contributed by atoms with van der Waals surface area (Å²) in [5.41, 5.74) is 2.21. The SMILES string of the molecule is COc1cc2[nH]c(C(=O)N[C@H](C)c3ccccc3)cc2c(OC)c1OC. The highest BCUT2D eigenvalue weighted by Crippen LogP contribution is 2.43. The summed E-state index contributed by atoms with van der Waals surface area (Å²) in [6, 6.07) is 13.2. The van der Waals surface area contributed by atoms with E-state index in [2.05, 4.69) is 10.3 Å². The second-order valence-electron chi connectivity index (χ2n) is 5.90.